The van der Waals surface area contributed by atoms with Crippen LogP contribution in [-0.2, 0) is 28.6 Å². The topological polar surface area (TPSA) is 78.9 Å². The Hall–Kier alpha value is -3.41. The van der Waals surface area contributed by atoms with Crippen LogP contribution in [0.25, 0.3) is 0 Å². The molecule has 0 fully saturated rings. The van der Waals surface area contributed by atoms with Crippen molar-refractivity contribution < 1.29 is 28.6 Å². The minimum atomic E-state index is -0.805. The van der Waals surface area contributed by atoms with Gasteiger partial charge in [0, 0.05) is 19.3 Å². The van der Waals surface area contributed by atoms with E-state index in [1.54, 1.807) is 0 Å². The molecule has 0 bridgehead atoms. The Morgan fingerprint density at radius 1 is 0.266 bits per heavy atom. The molecule has 0 N–H and O–H groups in total. The summed E-state index contributed by atoms with van der Waals surface area (Å²) in [5, 5.41) is 0. The summed E-state index contributed by atoms with van der Waals surface area (Å²) >= 11 is 0. The third-order valence-electron chi connectivity index (χ3n) is 14.9. The third kappa shape index (κ3) is 65.3. The molecule has 0 aliphatic heterocycles. The minimum absolute atomic E-state index is 0.0949. The van der Waals surface area contributed by atoms with Gasteiger partial charge in [0.1, 0.15) is 13.2 Å². The van der Waals surface area contributed by atoms with E-state index >= 15 is 0 Å². The first-order valence-corrected chi connectivity index (χ1v) is 34.1. The highest BCUT2D eigenvalue weighted by Crippen LogP contribution is 2.18. The zero-order chi connectivity index (χ0) is 57.1. The molecule has 456 valence electrons. The van der Waals surface area contributed by atoms with Gasteiger partial charge in [-0.1, -0.05) is 318 Å². The highest BCUT2D eigenvalue weighted by Gasteiger charge is 2.19. The predicted molar refractivity (Wildman–Crippen MR) is 344 cm³/mol. The van der Waals surface area contributed by atoms with Crippen LogP contribution in [-0.4, -0.2) is 37.2 Å². The van der Waals surface area contributed by atoms with Gasteiger partial charge in [-0.3, -0.25) is 14.4 Å². The summed E-state index contributed by atoms with van der Waals surface area (Å²) in [6.07, 6.45) is 89.0. The lowest BCUT2D eigenvalue weighted by Crippen LogP contribution is -2.30. The largest absolute Gasteiger partial charge is 0.462 e. The molecule has 0 aromatic rings. The fraction of sp³-hybridized carbons (Fsp3) is 0.767. The Morgan fingerprint density at radius 2 is 0.506 bits per heavy atom. The number of unbranched alkanes of at least 4 members (excludes halogenated alkanes) is 37. The quantitative estimate of drug-likeness (QED) is 0.0261. The van der Waals surface area contributed by atoms with Crippen LogP contribution in [0.5, 0.6) is 0 Å². The van der Waals surface area contributed by atoms with E-state index in [-0.39, 0.29) is 37.5 Å². The zero-order valence-corrected chi connectivity index (χ0v) is 52.4. The number of rotatable bonds is 62. The second kappa shape index (κ2) is 67.1. The minimum Gasteiger partial charge on any atom is -0.462 e. The first kappa shape index (κ1) is 75.6. The lowest BCUT2D eigenvalue weighted by atomic mass is 10.0. The molecule has 0 aromatic heterocycles. The first-order chi connectivity index (χ1) is 39.0. The Morgan fingerprint density at radius 3 is 0.835 bits per heavy atom. The molecule has 0 aliphatic rings. The van der Waals surface area contributed by atoms with Crippen molar-refractivity contribution in [2.24, 2.45) is 0 Å². The van der Waals surface area contributed by atoms with Gasteiger partial charge in [-0.25, -0.2) is 0 Å². The van der Waals surface area contributed by atoms with Gasteiger partial charge >= 0.3 is 17.9 Å². The summed E-state index contributed by atoms with van der Waals surface area (Å²) in [5.74, 6) is -0.948. The van der Waals surface area contributed by atoms with Crippen molar-refractivity contribution in [3.05, 3.63) is 85.1 Å². The average Bonchev–Trinajstić information content (AvgIpc) is 3.45. The summed E-state index contributed by atoms with van der Waals surface area (Å²) in [7, 11) is 0. The fourth-order valence-electron chi connectivity index (χ4n) is 9.81. The summed E-state index contributed by atoms with van der Waals surface area (Å²) < 4.78 is 16.9. The molecule has 0 aromatic carbocycles. The number of hydrogen-bond donors (Lipinski definition) is 0. The van der Waals surface area contributed by atoms with Crippen LogP contribution in [0.2, 0.25) is 0 Å². The molecular formula is C73H128O6. The lowest BCUT2D eigenvalue weighted by Gasteiger charge is -2.18. The molecule has 0 rings (SSSR count). The number of hydrogen-bond acceptors (Lipinski definition) is 6. The molecule has 0 aliphatic carbocycles. The van der Waals surface area contributed by atoms with Gasteiger partial charge < -0.3 is 14.2 Å². The number of carbonyl (C=O) groups is 3. The van der Waals surface area contributed by atoms with E-state index < -0.39 is 6.10 Å². The van der Waals surface area contributed by atoms with Gasteiger partial charge in [0.2, 0.25) is 0 Å². The number of esters is 3. The fourth-order valence-corrected chi connectivity index (χ4v) is 9.81. The van der Waals surface area contributed by atoms with Crippen LogP contribution < -0.4 is 0 Å². The van der Waals surface area contributed by atoms with Gasteiger partial charge in [0.25, 0.3) is 0 Å². The molecule has 1 unspecified atom stereocenters. The summed E-state index contributed by atoms with van der Waals surface area (Å²) in [4.78, 5) is 38.4. The van der Waals surface area contributed by atoms with Crippen molar-refractivity contribution in [2.75, 3.05) is 13.2 Å². The van der Waals surface area contributed by atoms with Crippen LogP contribution in [0.15, 0.2) is 85.1 Å². The molecule has 6 nitrogen and oxygen atoms in total. The van der Waals surface area contributed by atoms with Crippen molar-refractivity contribution in [1.29, 1.82) is 0 Å². The highest BCUT2D eigenvalue weighted by molar-refractivity contribution is 5.71. The van der Waals surface area contributed by atoms with Crippen molar-refractivity contribution in [3.8, 4) is 0 Å². The zero-order valence-electron chi connectivity index (χ0n) is 52.4. The summed E-state index contributed by atoms with van der Waals surface area (Å²) in [5.41, 5.74) is 0. The van der Waals surface area contributed by atoms with E-state index in [1.165, 1.54) is 205 Å². The summed E-state index contributed by atoms with van der Waals surface area (Å²) in [6, 6.07) is 0. The van der Waals surface area contributed by atoms with Crippen LogP contribution in [0.4, 0.5) is 0 Å². The Labute approximate surface area is 490 Å². The van der Waals surface area contributed by atoms with Crippen molar-refractivity contribution in [3.63, 3.8) is 0 Å². The maximum absolute atomic E-state index is 12.9. The maximum Gasteiger partial charge on any atom is 0.306 e. The van der Waals surface area contributed by atoms with E-state index in [0.29, 0.717) is 19.3 Å². The normalized spacial score (nSPS) is 12.6. The lowest BCUT2D eigenvalue weighted by molar-refractivity contribution is -0.167. The molecule has 6 heteroatoms. The monoisotopic (exact) mass is 1100 g/mol. The predicted octanol–water partition coefficient (Wildman–Crippen LogP) is 23.4. The average molecular weight is 1100 g/mol. The van der Waals surface area contributed by atoms with Crippen LogP contribution >= 0.6 is 0 Å². The molecule has 0 radical (unpaired) electrons. The van der Waals surface area contributed by atoms with Crippen molar-refractivity contribution >= 4 is 17.9 Å². The smallest absolute Gasteiger partial charge is 0.306 e. The first-order valence-electron chi connectivity index (χ1n) is 34.1. The van der Waals surface area contributed by atoms with Gasteiger partial charge in [-0.15, -0.1) is 0 Å². The van der Waals surface area contributed by atoms with E-state index in [4.69, 9.17) is 14.2 Å². The molecule has 0 saturated heterocycles. The van der Waals surface area contributed by atoms with Crippen LogP contribution in [0.3, 0.4) is 0 Å². The number of allylic oxidation sites excluding steroid dienone is 14. The Kier molecular flexibility index (Phi) is 64.2. The van der Waals surface area contributed by atoms with Crippen LogP contribution in [0.1, 0.15) is 342 Å². The molecule has 0 spiro atoms. The van der Waals surface area contributed by atoms with Gasteiger partial charge in [-0.05, 0) is 89.9 Å². The SMILES string of the molecule is CC/C=C\C/C=C\C/C=C\C/C=C\C/C=C\CCCC(=O)OCC(COC(=O)CCCCCCCCCCCCCCCCCCCCCCCCCCCC)OC(=O)CCCCCCCCC/C=C\C/C=C\CCCCCC. The molecule has 79 heavy (non-hydrogen) atoms. The molecule has 0 saturated carbocycles. The van der Waals surface area contributed by atoms with Gasteiger partial charge in [-0.2, -0.15) is 0 Å². The van der Waals surface area contributed by atoms with E-state index in [9.17, 15) is 14.4 Å². The number of ether oxygens (including phenoxy) is 3. The molecule has 1 atom stereocenters. The van der Waals surface area contributed by atoms with E-state index in [1.807, 2.05) is 0 Å². The Bertz CT molecular complexity index is 1500. The van der Waals surface area contributed by atoms with Gasteiger partial charge in [0.15, 0.2) is 6.10 Å². The van der Waals surface area contributed by atoms with Gasteiger partial charge in [0.05, 0.1) is 0 Å². The number of carbonyl (C=O) groups excluding carboxylic acids is 3. The van der Waals surface area contributed by atoms with E-state index in [2.05, 4.69) is 106 Å². The second-order valence-corrected chi connectivity index (χ2v) is 22.7. The summed E-state index contributed by atoms with van der Waals surface area (Å²) in [6.45, 7) is 6.50. The maximum atomic E-state index is 12.9. The van der Waals surface area contributed by atoms with Crippen molar-refractivity contribution in [1.82, 2.24) is 0 Å². The molecule has 0 amide bonds. The Balaban J connectivity index is 4.35. The third-order valence-corrected chi connectivity index (χ3v) is 14.9. The molecular weight excluding hydrogens is 973 g/mol. The highest BCUT2D eigenvalue weighted by atomic mass is 16.6. The van der Waals surface area contributed by atoms with Crippen LogP contribution in [0, 0.1) is 0 Å². The standard InChI is InChI=1S/C73H128O6/c1-4-7-10-13-16-19-22-25-28-31-33-34-35-36-37-38-39-40-43-45-48-51-54-57-60-63-66-72(75)78-69-70(68-77-71(74)65-62-59-56-53-50-47-44-41-30-27-24-21-18-15-12-9-6-3)79-73(76)67-64-61-58-55-52-49-46-42-32-29-26-23-20-17-14-11-8-5-2/h9,12,18,20-21,23,27,29-30,32,44,47,53,56,70H,4-8,10-11,13-17,19,22,24-26,28,31,33-43,45-46,48-52,54-55,57-69H2,1-3H3/b12-9-,21-18-,23-20-,30-27-,32-29-,47-44-,56-53-. The molecule has 0 heterocycles. The van der Waals surface area contributed by atoms with Crippen molar-refractivity contribution in [2.45, 2.75) is 348 Å². The second-order valence-electron chi connectivity index (χ2n) is 22.7. The van der Waals surface area contributed by atoms with E-state index in [0.717, 1.165) is 89.9 Å².